The number of hydrogen-bond acceptors (Lipinski definition) is 5. The third-order valence-corrected chi connectivity index (χ3v) is 6.04. The van der Waals surface area contributed by atoms with Crippen molar-refractivity contribution in [3.8, 4) is 11.5 Å². The van der Waals surface area contributed by atoms with Crippen LogP contribution in [0.2, 0.25) is 5.02 Å². The lowest BCUT2D eigenvalue weighted by atomic mass is 10.1. The summed E-state index contributed by atoms with van der Waals surface area (Å²) in [5.74, 6) is 0.788. The van der Waals surface area contributed by atoms with Gasteiger partial charge in [-0.1, -0.05) is 17.7 Å². The fourth-order valence-corrected chi connectivity index (χ4v) is 4.72. The summed E-state index contributed by atoms with van der Waals surface area (Å²) in [6, 6.07) is 9.62. The van der Waals surface area contributed by atoms with E-state index < -0.39 is 15.9 Å². The Morgan fingerprint density at radius 2 is 1.80 bits per heavy atom. The Morgan fingerprint density at radius 3 is 2.40 bits per heavy atom. The Morgan fingerprint density at radius 1 is 1.07 bits per heavy atom. The first-order valence-electron chi connectivity index (χ1n) is 9.58. The van der Waals surface area contributed by atoms with Crippen LogP contribution in [0.3, 0.4) is 0 Å². The molecule has 1 heterocycles. The number of imidazole rings is 1. The minimum atomic E-state index is -3.42. The van der Waals surface area contributed by atoms with Crippen molar-refractivity contribution in [1.82, 2.24) is 9.13 Å². The van der Waals surface area contributed by atoms with Crippen molar-refractivity contribution in [2.45, 2.75) is 26.4 Å². The molecule has 0 fully saturated rings. The number of rotatable bonds is 8. The first-order chi connectivity index (χ1) is 14.2. The van der Waals surface area contributed by atoms with Gasteiger partial charge in [-0.2, -0.15) is 0 Å². The highest BCUT2D eigenvalue weighted by Gasteiger charge is 2.26. The maximum Gasteiger partial charge on any atom is 0.329 e. The summed E-state index contributed by atoms with van der Waals surface area (Å²) in [5, 5.41) is 0.504. The van der Waals surface area contributed by atoms with Crippen LogP contribution >= 0.6 is 11.6 Å². The van der Waals surface area contributed by atoms with Gasteiger partial charge in [0.2, 0.25) is 0 Å². The first kappa shape index (κ1) is 22.2. The molecule has 0 N–H and O–H groups in total. The number of methoxy groups -OCH3 is 1. The van der Waals surface area contributed by atoms with Gasteiger partial charge in [-0.3, -0.25) is 9.13 Å². The molecular formula is C21H25ClN2O5S. The van der Waals surface area contributed by atoms with Gasteiger partial charge in [-0.05, 0) is 49.7 Å². The van der Waals surface area contributed by atoms with Crippen molar-refractivity contribution in [1.29, 1.82) is 0 Å². The third kappa shape index (κ3) is 4.34. The van der Waals surface area contributed by atoms with E-state index >= 15 is 0 Å². The van der Waals surface area contributed by atoms with Crippen molar-refractivity contribution >= 4 is 32.5 Å². The van der Waals surface area contributed by atoms with Gasteiger partial charge in [0.05, 0.1) is 36.5 Å². The van der Waals surface area contributed by atoms with E-state index in [1.54, 1.807) is 41.0 Å². The van der Waals surface area contributed by atoms with E-state index in [0.29, 0.717) is 46.3 Å². The molecule has 162 valence electrons. The van der Waals surface area contributed by atoms with Gasteiger partial charge in [-0.25, -0.2) is 13.2 Å². The van der Waals surface area contributed by atoms with E-state index in [1.807, 2.05) is 13.8 Å². The lowest BCUT2D eigenvalue weighted by Crippen LogP contribution is -2.31. The van der Waals surface area contributed by atoms with E-state index in [1.165, 1.54) is 11.7 Å². The smallest absolute Gasteiger partial charge is 0.329 e. The lowest BCUT2D eigenvalue weighted by molar-refractivity contribution is 0.310. The molecule has 7 nitrogen and oxygen atoms in total. The van der Waals surface area contributed by atoms with Crippen molar-refractivity contribution in [2.75, 3.05) is 25.7 Å². The van der Waals surface area contributed by atoms with Gasteiger partial charge in [0.25, 0.3) is 0 Å². The second-order valence-electron chi connectivity index (χ2n) is 6.98. The van der Waals surface area contributed by atoms with E-state index in [9.17, 15) is 13.2 Å². The highest BCUT2D eigenvalue weighted by atomic mass is 35.5. The molecule has 30 heavy (non-hydrogen) atoms. The standard InChI is InChI=1S/C21H25ClN2O5S/c1-5-23-17-12-15(22)8-9-16(17)24(21(23)25)18(13-30(4,26)27)14-7-10-19(28-3)20(11-14)29-6-2/h7-12,18H,5-6,13H2,1-4H3. The number of aromatic nitrogens is 2. The molecule has 0 saturated heterocycles. The van der Waals surface area contributed by atoms with Crippen LogP contribution in [0, 0.1) is 0 Å². The van der Waals surface area contributed by atoms with Gasteiger partial charge in [-0.15, -0.1) is 0 Å². The molecule has 0 spiro atoms. The molecule has 1 unspecified atom stereocenters. The van der Waals surface area contributed by atoms with Crippen LogP contribution in [-0.2, 0) is 16.4 Å². The normalized spacial score (nSPS) is 12.8. The van der Waals surface area contributed by atoms with Gasteiger partial charge in [0.1, 0.15) is 9.84 Å². The number of ether oxygens (including phenoxy) is 2. The molecule has 0 aliphatic heterocycles. The Balaban J connectivity index is 2.31. The van der Waals surface area contributed by atoms with Gasteiger partial charge >= 0.3 is 5.69 Å². The fourth-order valence-electron chi connectivity index (χ4n) is 3.63. The number of benzene rings is 2. The molecule has 0 bridgehead atoms. The molecule has 9 heteroatoms. The van der Waals surface area contributed by atoms with Gasteiger partial charge < -0.3 is 9.47 Å². The highest BCUT2D eigenvalue weighted by molar-refractivity contribution is 7.90. The average Bonchev–Trinajstić information content (AvgIpc) is 2.96. The fraction of sp³-hybridized carbons (Fsp3) is 0.381. The summed E-state index contributed by atoms with van der Waals surface area (Å²) >= 11 is 6.15. The zero-order valence-electron chi connectivity index (χ0n) is 17.4. The zero-order valence-corrected chi connectivity index (χ0v) is 19.0. The second-order valence-corrected chi connectivity index (χ2v) is 9.60. The number of aryl methyl sites for hydroxylation is 1. The topological polar surface area (TPSA) is 79.5 Å². The predicted octanol–water partition coefficient (Wildman–Crippen LogP) is 3.52. The first-order valence-corrected chi connectivity index (χ1v) is 12.0. The molecule has 0 saturated carbocycles. The second kappa shape index (κ2) is 8.73. The number of halogens is 1. The lowest BCUT2D eigenvalue weighted by Gasteiger charge is -2.20. The summed E-state index contributed by atoms with van der Waals surface area (Å²) < 4.78 is 38.7. The number of sulfone groups is 1. The SMILES string of the molecule is CCOc1cc(C(CS(C)(=O)=O)n2c(=O)n(CC)c3cc(Cl)ccc32)ccc1OC. The van der Waals surface area contributed by atoms with Crippen LogP contribution in [0.15, 0.2) is 41.2 Å². The number of nitrogens with zero attached hydrogens (tertiary/aromatic N) is 2. The molecule has 0 amide bonds. The maximum absolute atomic E-state index is 13.3. The zero-order chi connectivity index (χ0) is 22.1. The molecule has 2 aromatic carbocycles. The Bertz CT molecular complexity index is 1230. The molecular weight excluding hydrogens is 428 g/mol. The molecule has 0 aliphatic carbocycles. The van der Waals surface area contributed by atoms with Crippen LogP contribution in [0.25, 0.3) is 11.0 Å². The Hall–Kier alpha value is -2.45. The maximum atomic E-state index is 13.3. The third-order valence-electron chi connectivity index (χ3n) is 4.89. The summed E-state index contributed by atoms with van der Waals surface area (Å²) in [4.78, 5) is 13.3. The highest BCUT2D eigenvalue weighted by Crippen LogP contribution is 2.33. The minimum Gasteiger partial charge on any atom is -0.493 e. The number of hydrogen-bond donors (Lipinski definition) is 0. The van der Waals surface area contributed by atoms with Crippen molar-refractivity contribution in [3.05, 3.63) is 57.5 Å². The molecule has 0 aliphatic rings. The average molecular weight is 453 g/mol. The summed E-state index contributed by atoms with van der Waals surface area (Å²) in [6.07, 6.45) is 1.16. The molecule has 3 rings (SSSR count). The van der Waals surface area contributed by atoms with E-state index in [0.717, 1.165) is 6.26 Å². The molecule has 1 atom stereocenters. The monoisotopic (exact) mass is 452 g/mol. The minimum absolute atomic E-state index is 0.240. The van der Waals surface area contributed by atoms with Crippen LogP contribution in [-0.4, -0.2) is 43.3 Å². The molecule has 1 aromatic heterocycles. The summed E-state index contributed by atoms with van der Waals surface area (Å²) in [7, 11) is -1.88. The van der Waals surface area contributed by atoms with Gasteiger partial charge in [0.15, 0.2) is 11.5 Å². The van der Waals surface area contributed by atoms with E-state index in [-0.39, 0.29) is 11.4 Å². The Kier molecular flexibility index (Phi) is 6.47. The van der Waals surface area contributed by atoms with E-state index in [4.69, 9.17) is 21.1 Å². The predicted molar refractivity (Wildman–Crippen MR) is 119 cm³/mol. The van der Waals surface area contributed by atoms with Crippen LogP contribution in [0.1, 0.15) is 25.5 Å². The van der Waals surface area contributed by atoms with Crippen LogP contribution in [0.5, 0.6) is 11.5 Å². The van der Waals surface area contributed by atoms with Crippen LogP contribution < -0.4 is 15.2 Å². The van der Waals surface area contributed by atoms with Crippen molar-refractivity contribution in [3.63, 3.8) is 0 Å². The Labute approximate surface area is 180 Å². The largest absolute Gasteiger partial charge is 0.493 e. The molecule has 0 radical (unpaired) electrons. The van der Waals surface area contributed by atoms with Crippen LogP contribution in [0.4, 0.5) is 0 Å². The summed E-state index contributed by atoms with van der Waals surface area (Å²) in [6.45, 7) is 4.56. The summed E-state index contributed by atoms with van der Waals surface area (Å²) in [5.41, 5.74) is 1.62. The number of fused-ring (bicyclic) bond motifs is 1. The van der Waals surface area contributed by atoms with Crippen molar-refractivity contribution < 1.29 is 17.9 Å². The van der Waals surface area contributed by atoms with E-state index in [2.05, 4.69) is 0 Å². The van der Waals surface area contributed by atoms with Gasteiger partial charge in [0, 0.05) is 17.8 Å². The quantitative estimate of drug-likeness (QED) is 0.522. The molecule has 3 aromatic rings. The van der Waals surface area contributed by atoms with Crippen molar-refractivity contribution in [2.24, 2.45) is 0 Å².